The first-order valence-electron chi connectivity index (χ1n) is 16.4. The Bertz CT molecular complexity index is 2250. The van der Waals surface area contributed by atoms with E-state index in [-0.39, 0.29) is 46.2 Å². The van der Waals surface area contributed by atoms with Gasteiger partial charge in [0.1, 0.15) is 11.6 Å². The second-order valence-corrected chi connectivity index (χ2v) is 14.2. The number of amides is 4. The number of nitro groups is 1. The van der Waals surface area contributed by atoms with Crippen LogP contribution < -0.4 is 10.3 Å². The lowest BCUT2D eigenvalue weighted by Gasteiger charge is -2.50. The second kappa shape index (κ2) is 12.3. The number of non-ortho nitro benzene ring substituents is 1. The molecule has 0 bridgehead atoms. The number of phenols is 1. The number of nitro benzene ring substituents is 1. The minimum Gasteiger partial charge on any atom is -0.508 e. The van der Waals surface area contributed by atoms with E-state index in [1.165, 1.54) is 66.7 Å². The molecule has 4 aliphatic rings. The van der Waals surface area contributed by atoms with Crippen molar-refractivity contribution in [2.75, 3.05) is 10.3 Å². The SMILES string of the molecule is O=C1[C@@H]2C[C@@H]3C(=CC[C@@H]4C(=O)N(c5cccc([N+](=O)[O-])c5)C(=O)[C@@H]43)[C@H](c3cc(Cl)ccc3O)[C@]2(c2ccc(Cl)cc2)C(=O)N1Nc1ccc(F)cc1. The average molecular weight is 742 g/mol. The quantitative estimate of drug-likeness (QED) is 0.0935. The van der Waals surface area contributed by atoms with Gasteiger partial charge in [0.15, 0.2) is 0 Å². The molecule has 262 valence electrons. The number of benzene rings is 4. The zero-order valence-corrected chi connectivity index (χ0v) is 28.4. The number of anilines is 2. The predicted octanol–water partition coefficient (Wildman–Crippen LogP) is 6.94. The number of hydrogen-bond acceptors (Lipinski definition) is 8. The van der Waals surface area contributed by atoms with Gasteiger partial charge in [0.2, 0.25) is 11.8 Å². The summed E-state index contributed by atoms with van der Waals surface area (Å²) in [5.74, 6) is -7.95. The van der Waals surface area contributed by atoms with Crippen molar-refractivity contribution in [3.63, 3.8) is 0 Å². The number of aromatic hydroxyl groups is 1. The van der Waals surface area contributed by atoms with E-state index in [9.17, 15) is 34.0 Å². The van der Waals surface area contributed by atoms with Crippen molar-refractivity contribution in [3.8, 4) is 5.75 Å². The largest absolute Gasteiger partial charge is 0.508 e. The Hall–Kier alpha value is -5.59. The molecule has 6 atom stereocenters. The normalized spacial score (nSPS) is 26.5. The summed E-state index contributed by atoms with van der Waals surface area (Å²) in [7, 11) is 0. The van der Waals surface area contributed by atoms with E-state index < -0.39 is 69.4 Å². The fraction of sp³-hybridized carbons (Fsp3) is 0.211. The molecule has 2 aliphatic heterocycles. The van der Waals surface area contributed by atoms with Gasteiger partial charge < -0.3 is 5.11 Å². The first-order chi connectivity index (χ1) is 24.9. The molecule has 2 aliphatic carbocycles. The van der Waals surface area contributed by atoms with Crippen molar-refractivity contribution in [2.45, 2.75) is 24.2 Å². The molecule has 4 aromatic carbocycles. The number of carbonyl (C=O) groups is 4. The van der Waals surface area contributed by atoms with Crippen LogP contribution in [0.4, 0.5) is 21.5 Å². The maximum absolute atomic E-state index is 15.2. The van der Waals surface area contributed by atoms with E-state index >= 15 is 4.79 Å². The van der Waals surface area contributed by atoms with Gasteiger partial charge in [0.05, 0.1) is 39.5 Å². The number of nitrogens with zero attached hydrogens (tertiary/aromatic N) is 3. The van der Waals surface area contributed by atoms with E-state index in [0.29, 0.717) is 16.2 Å². The van der Waals surface area contributed by atoms with Gasteiger partial charge >= 0.3 is 0 Å². The van der Waals surface area contributed by atoms with Crippen LogP contribution in [0.3, 0.4) is 0 Å². The molecule has 52 heavy (non-hydrogen) atoms. The van der Waals surface area contributed by atoms with E-state index in [1.54, 1.807) is 30.3 Å². The lowest BCUT2D eigenvalue weighted by molar-refractivity contribution is -0.384. The number of rotatable bonds is 6. The van der Waals surface area contributed by atoms with Crippen molar-refractivity contribution in [1.29, 1.82) is 0 Å². The van der Waals surface area contributed by atoms with Crippen LogP contribution in [0.2, 0.25) is 10.0 Å². The summed E-state index contributed by atoms with van der Waals surface area (Å²) < 4.78 is 13.8. The lowest BCUT2D eigenvalue weighted by atomic mass is 9.49. The van der Waals surface area contributed by atoms with Crippen LogP contribution in [0, 0.1) is 39.6 Å². The van der Waals surface area contributed by atoms with Gasteiger partial charge in [-0.2, -0.15) is 5.01 Å². The number of imide groups is 2. The third-order valence-electron chi connectivity index (χ3n) is 10.9. The second-order valence-electron chi connectivity index (χ2n) is 13.4. The third kappa shape index (κ3) is 4.92. The summed E-state index contributed by atoms with van der Waals surface area (Å²) in [6.07, 6.45) is 1.85. The van der Waals surface area contributed by atoms with Crippen LogP contribution in [0.1, 0.15) is 29.9 Å². The zero-order chi connectivity index (χ0) is 36.6. The Morgan fingerprint density at radius 3 is 2.29 bits per heavy atom. The molecule has 0 radical (unpaired) electrons. The molecule has 2 saturated heterocycles. The van der Waals surface area contributed by atoms with Gasteiger partial charge in [-0.05, 0) is 85.0 Å². The number of carbonyl (C=O) groups excluding carboxylic acids is 4. The number of halogens is 3. The van der Waals surface area contributed by atoms with Crippen molar-refractivity contribution in [1.82, 2.24) is 5.01 Å². The van der Waals surface area contributed by atoms with Crippen LogP contribution in [0.25, 0.3) is 0 Å². The maximum atomic E-state index is 15.2. The van der Waals surface area contributed by atoms with Crippen LogP contribution in [-0.2, 0) is 24.6 Å². The molecule has 3 fully saturated rings. The van der Waals surface area contributed by atoms with Crippen molar-refractivity contribution >= 4 is 63.9 Å². The zero-order valence-electron chi connectivity index (χ0n) is 26.9. The van der Waals surface area contributed by atoms with E-state index in [1.807, 2.05) is 0 Å². The highest BCUT2D eigenvalue weighted by Crippen LogP contribution is 2.65. The molecular formula is C38H27Cl2FN4O7. The fourth-order valence-corrected chi connectivity index (χ4v) is 9.06. The number of phenolic OH excluding ortho intramolecular Hbond substituents is 1. The molecule has 2 N–H and O–H groups in total. The summed E-state index contributed by atoms with van der Waals surface area (Å²) in [4.78, 5) is 70.2. The summed E-state index contributed by atoms with van der Waals surface area (Å²) in [5, 5.41) is 24.6. The van der Waals surface area contributed by atoms with Gasteiger partial charge in [-0.15, -0.1) is 0 Å². The molecular weight excluding hydrogens is 714 g/mol. The van der Waals surface area contributed by atoms with E-state index in [2.05, 4.69) is 5.43 Å². The Morgan fingerprint density at radius 2 is 1.58 bits per heavy atom. The molecule has 0 spiro atoms. The highest BCUT2D eigenvalue weighted by atomic mass is 35.5. The van der Waals surface area contributed by atoms with Gasteiger partial charge in [-0.25, -0.2) is 9.29 Å². The number of nitrogens with one attached hydrogen (secondary N) is 1. The minimum atomic E-state index is -1.71. The Morgan fingerprint density at radius 1 is 0.865 bits per heavy atom. The summed E-state index contributed by atoms with van der Waals surface area (Å²) in [5.41, 5.74) is 2.39. The van der Waals surface area contributed by atoms with Crippen molar-refractivity contribution in [2.24, 2.45) is 23.7 Å². The molecule has 4 amide bonds. The summed E-state index contributed by atoms with van der Waals surface area (Å²) in [6, 6.07) is 21.3. The Balaban J connectivity index is 1.32. The number of allylic oxidation sites excluding steroid dienone is 2. The van der Waals surface area contributed by atoms with Crippen LogP contribution >= 0.6 is 23.2 Å². The number of hydrazine groups is 1. The Labute approximate surface area is 305 Å². The molecule has 14 heteroatoms. The number of fused-ring (bicyclic) bond motifs is 4. The Kier molecular flexibility index (Phi) is 7.92. The fourth-order valence-electron chi connectivity index (χ4n) is 8.76. The minimum absolute atomic E-state index is 0.0403. The predicted molar refractivity (Wildman–Crippen MR) is 188 cm³/mol. The van der Waals surface area contributed by atoms with Crippen LogP contribution in [-0.4, -0.2) is 38.7 Å². The standard InChI is InChI=1S/C38H27Cl2FN4O7/c39-20-6-4-19(5-7-20)38-30(35(48)44(37(38)50)42-23-11-9-22(41)10-12-23)18-28-26(33(38)29-16-21(40)8-15-31(29)46)13-14-27-32(28)36(49)43(34(27)47)24-2-1-3-25(17-24)45(51)52/h1-13,15-17,27-28,30,32-33,42,46H,14,18H2/t27-,28+,30-,32-,33+,38+/m0/s1. The highest BCUT2D eigenvalue weighted by Gasteiger charge is 2.70. The van der Waals surface area contributed by atoms with Crippen molar-refractivity contribution < 1.29 is 33.6 Å². The first kappa shape index (κ1) is 33.5. The molecule has 11 nitrogen and oxygen atoms in total. The first-order valence-corrected chi connectivity index (χ1v) is 17.1. The molecule has 8 rings (SSSR count). The smallest absolute Gasteiger partial charge is 0.271 e. The molecule has 0 aromatic heterocycles. The van der Waals surface area contributed by atoms with Crippen LogP contribution in [0.5, 0.6) is 5.75 Å². The van der Waals surface area contributed by atoms with Crippen LogP contribution in [0.15, 0.2) is 103 Å². The summed E-state index contributed by atoms with van der Waals surface area (Å²) >= 11 is 12.8. The summed E-state index contributed by atoms with van der Waals surface area (Å²) in [6.45, 7) is 0. The lowest BCUT2D eigenvalue weighted by Crippen LogP contribution is -2.53. The van der Waals surface area contributed by atoms with E-state index in [0.717, 1.165) is 9.91 Å². The van der Waals surface area contributed by atoms with E-state index in [4.69, 9.17) is 23.2 Å². The molecule has 4 aromatic rings. The van der Waals surface area contributed by atoms with Crippen molar-refractivity contribution in [3.05, 3.63) is 140 Å². The molecule has 1 saturated carbocycles. The van der Waals surface area contributed by atoms with Gasteiger partial charge in [-0.1, -0.05) is 53.1 Å². The average Bonchev–Trinajstić information content (AvgIpc) is 3.51. The number of hydrogen-bond donors (Lipinski definition) is 2. The third-order valence-corrected chi connectivity index (χ3v) is 11.3. The molecule has 0 unspecified atom stereocenters. The maximum Gasteiger partial charge on any atom is 0.271 e. The highest BCUT2D eigenvalue weighted by molar-refractivity contribution is 6.31. The van der Waals surface area contributed by atoms with Gasteiger partial charge in [0.25, 0.3) is 17.5 Å². The monoisotopic (exact) mass is 740 g/mol. The van der Waals surface area contributed by atoms with Gasteiger partial charge in [0, 0.05) is 33.7 Å². The van der Waals surface area contributed by atoms with Gasteiger partial charge in [-0.3, -0.25) is 34.7 Å². The molecule has 2 heterocycles. The topological polar surface area (TPSA) is 150 Å².